The number of hydrogen-bond donors (Lipinski definition) is 1. The zero-order valence-corrected chi connectivity index (χ0v) is 18.7. The number of fused-ring (bicyclic) bond motifs is 2. The van der Waals surface area contributed by atoms with E-state index < -0.39 is 11.7 Å². The van der Waals surface area contributed by atoms with Crippen LogP contribution in [0.1, 0.15) is 42.3 Å². The number of aromatic nitrogens is 1. The van der Waals surface area contributed by atoms with Crippen LogP contribution in [0.5, 0.6) is 0 Å². The van der Waals surface area contributed by atoms with Crippen LogP contribution in [0.25, 0.3) is 0 Å². The normalized spacial score (nSPS) is 12.5. The van der Waals surface area contributed by atoms with Gasteiger partial charge in [-0.2, -0.15) is 0 Å². The number of rotatable bonds is 3. The van der Waals surface area contributed by atoms with Crippen molar-refractivity contribution >= 4 is 34.7 Å². The van der Waals surface area contributed by atoms with Gasteiger partial charge < -0.3 is 10.2 Å². The molecule has 0 spiro atoms. The number of nitrogens with one attached hydrogen (secondary N) is 1. The molecule has 1 aliphatic rings. The average molecular weight is 458 g/mol. The van der Waals surface area contributed by atoms with E-state index in [1.165, 1.54) is 23.9 Å². The lowest BCUT2D eigenvalue weighted by molar-refractivity contribution is 0.0984. The highest BCUT2D eigenvalue weighted by Gasteiger charge is 2.26. The van der Waals surface area contributed by atoms with Gasteiger partial charge >= 0.3 is 0 Å². The van der Waals surface area contributed by atoms with Gasteiger partial charge in [0.05, 0.1) is 17.8 Å². The molecule has 0 unspecified atom stereocenters. The van der Waals surface area contributed by atoms with E-state index in [2.05, 4.69) is 22.4 Å². The SMILES string of the molecule is Cc1ccc(F)cc1C(=O)Nc1ccc(C(=O)N2Cc3ccccc3Cc3sccc32)cn1. The van der Waals surface area contributed by atoms with Crippen molar-refractivity contribution in [3.8, 4) is 0 Å². The zero-order chi connectivity index (χ0) is 22.9. The van der Waals surface area contributed by atoms with Gasteiger partial charge in [0, 0.05) is 23.1 Å². The number of carbonyl (C=O) groups is 2. The summed E-state index contributed by atoms with van der Waals surface area (Å²) in [4.78, 5) is 33.1. The molecule has 1 aliphatic heterocycles. The number of pyridine rings is 1. The molecule has 0 bridgehead atoms. The topological polar surface area (TPSA) is 62.3 Å². The van der Waals surface area contributed by atoms with Crippen molar-refractivity contribution in [2.45, 2.75) is 19.9 Å². The molecule has 0 saturated heterocycles. The highest BCUT2D eigenvalue weighted by atomic mass is 32.1. The van der Waals surface area contributed by atoms with Crippen LogP contribution in [0.3, 0.4) is 0 Å². The molecule has 0 aliphatic carbocycles. The first-order chi connectivity index (χ1) is 16.0. The van der Waals surface area contributed by atoms with Crippen LogP contribution in [0.2, 0.25) is 0 Å². The minimum atomic E-state index is -0.480. The molecule has 4 aromatic rings. The Morgan fingerprint density at radius 1 is 1.06 bits per heavy atom. The molecule has 5 rings (SSSR count). The maximum atomic E-state index is 13.5. The van der Waals surface area contributed by atoms with Gasteiger partial charge in [-0.05, 0) is 59.3 Å². The Bertz CT molecular complexity index is 1360. The lowest BCUT2D eigenvalue weighted by Crippen LogP contribution is -2.30. The Balaban J connectivity index is 1.38. The van der Waals surface area contributed by atoms with E-state index in [0.29, 0.717) is 17.7 Å². The molecular weight excluding hydrogens is 437 g/mol. The van der Waals surface area contributed by atoms with E-state index in [4.69, 9.17) is 0 Å². The minimum Gasteiger partial charge on any atom is -0.307 e. The number of anilines is 2. The molecule has 7 heteroatoms. The number of halogens is 1. The first kappa shape index (κ1) is 21.0. The smallest absolute Gasteiger partial charge is 0.260 e. The molecule has 0 radical (unpaired) electrons. The zero-order valence-electron chi connectivity index (χ0n) is 17.8. The van der Waals surface area contributed by atoms with Gasteiger partial charge in [-0.3, -0.25) is 9.59 Å². The third-order valence-electron chi connectivity index (χ3n) is 5.75. The van der Waals surface area contributed by atoms with Crippen LogP contribution in [-0.4, -0.2) is 16.8 Å². The Kier molecular flexibility index (Phi) is 5.48. The van der Waals surface area contributed by atoms with Crippen molar-refractivity contribution in [1.82, 2.24) is 4.98 Å². The van der Waals surface area contributed by atoms with E-state index >= 15 is 0 Å². The summed E-state index contributed by atoms with van der Waals surface area (Å²) in [5, 5.41) is 4.67. The Morgan fingerprint density at radius 3 is 2.67 bits per heavy atom. The van der Waals surface area contributed by atoms with Crippen LogP contribution >= 0.6 is 11.3 Å². The van der Waals surface area contributed by atoms with Gasteiger partial charge in [0.2, 0.25) is 0 Å². The first-order valence-corrected chi connectivity index (χ1v) is 11.4. The molecule has 0 saturated carbocycles. The summed E-state index contributed by atoms with van der Waals surface area (Å²) in [7, 11) is 0. The second kappa shape index (κ2) is 8.60. The fraction of sp³-hybridized carbons (Fsp3) is 0.115. The summed E-state index contributed by atoms with van der Waals surface area (Å²) in [6.07, 6.45) is 2.26. The van der Waals surface area contributed by atoms with E-state index in [0.717, 1.165) is 22.5 Å². The highest BCUT2D eigenvalue weighted by Crippen LogP contribution is 2.35. The van der Waals surface area contributed by atoms with E-state index in [1.54, 1.807) is 41.4 Å². The molecule has 1 N–H and O–H groups in total. The van der Waals surface area contributed by atoms with Crippen molar-refractivity contribution in [2.75, 3.05) is 10.2 Å². The van der Waals surface area contributed by atoms with Gasteiger partial charge in [-0.1, -0.05) is 30.3 Å². The molecule has 0 atom stereocenters. The van der Waals surface area contributed by atoms with Gasteiger partial charge in [-0.15, -0.1) is 11.3 Å². The molecule has 164 valence electrons. The second-order valence-electron chi connectivity index (χ2n) is 7.91. The fourth-order valence-corrected chi connectivity index (χ4v) is 4.87. The first-order valence-electron chi connectivity index (χ1n) is 10.5. The Labute approximate surface area is 194 Å². The van der Waals surface area contributed by atoms with E-state index in [-0.39, 0.29) is 17.3 Å². The number of thiophene rings is 1. The third kappa shape index (κ3) is 4.15. The largest absolute Gasteiger partial charge is 0.307 e. The standard InChI is InChI=1S/C26H20FN3O2S/c1-16-6-8-20(27)13-21(16)25(31)29-24-9-7-18(14-28-24)26(32)30-15-19-5-3-2-4-17(19)12-23-22(30)10-11-33-23/h2-11,13-14H,12,15H2,1H3,(H,28,29,31). The summed E-state index contributed by atoms with van der Waals surface area (Å²) < 4.78 is 13.5. The predicted molar refractivity (Wildman–Crippen MR) is 127 cm³/mol. The summed E-state index contributed by atoms with van der Waals surface area (Å²) >= 11 is 1.64. The molecule has 5 nitrogen and oxygen atoms in total. The lowest BCUT2D eigenvalue weighted by atomic mass is 10.1. The number of carbonyl (C=O) groups excluding carboxylic acids is 2. The van der Waals surface area contributed by atoms with Crippen LogP contribution in [0, 0.1) is 12.7 Å². The minimum absolute atomic E-state index is 0.155. The summed E-state index contributed by atoms with van der Waals surface area (Å²) in [5.74, 6) is -0.799. The number of amides is 2. The van der Waals surface area contributed by atoms with E-state index in [1.807, 2.05) is 23.6 Å². The van der Waals surface area contributed by atoms with Crippen LogP contribution in [0.4, 0.5) is 15.9 Å². The second-order valence-corrected chi connectivity index (χ2v) is 8.91. The summed E-state index contributed by atoms with van der Waals surface area (Å²) in [6, 6.07) is 17.4. The molecule has 0 fully saturated rings. The Morgan fingerprint density at radius 2 is 1.88 bits per heavy atom. The van der Waals surface area contributed by atoms with Crippen molar-refractivity contribution in [2.24, 2.45) is 0 Å². The number of nitrogens with zero attached hydrogens (tertiary/aromatic N) is 2. The molecule has 33 heavy (non-hydrogen) atoms. The van der Waals surface area contributed by atoms with E-state index in [9.17, 15) is 14.0 Å². The number of benzene rings is 2. The van der Waals surface area contributed by atoms with Gasteiger partial charge in [0.15, 0.2) is 0 Å². The molecule has 2 aromatic heterocycles. The van der Waals surface area contributed by atoms with Crippen molar-refractivity contribution < 1.29 is 14.0 Å². The van der Waals surface area contributed by atoms with Crippen molar-refractivity contribution in [3.05, 3.63) is 111 Å². The highest BCUT2D eigenvalue weighted by molar-refractivity contribution is 7.10. The van der Waals surface area contributed by atoms with Gasteiger partial charge in [0.25, 0.3) is 11.8 Å². The molecule has 3 heterocycles. The number of aryl methyl sites for hydroxylation is 1. The Hall–Kier alpha value is -3.84. The third-order valence-corrected chi connectivity index (χ3v) is 6.66. The quantitative estimate of drug-likeness (QED) is 0.436. The van der Waals surface area contributed by atoms with Gasteiger partial charge in [0.1, 0.15) is 11.6 Å². The fourth-order valence-electron chi connectivity index (χ4n) is 3.97. The monoisotopic (exact) mass is 457 g/mol. The molecule has 2 amide bonds. The lowest BCUT2D eigenvalue weighted by Gasteiger charge is -2.21. The van der Waals surface area contributed by atoms with Crippen molar-refractivity contribution in [3.63, 3.8) is 0 Å². The average Bonchev–Trinajstić information content (AvgIpc) is 3.21. The van der Waals surface area contributed by atoms with Crippen LogP contribution in [0.15, 0.2) is 72.2 Å². The van der Waals surface area contributed by atoms with Gasteiger partial charge in [-0.25, -0.2) is 9.37 Å². The maximum Gasteiger partial charge on any atom is 0.260 e. The van der Waals surface area contributed by atoms with Crippen LogP contribution in [-0.2, 0) is 13.0 Å². The molecular formula is C26H20FN3O2S. The van der Waals surface area contributed by atoms with Crippen LogP contribution < -0.4 is 10.2 Å². The molecule has 2 aromatic carbocycles. The van der Waals surface area contributed by atoms with Crippen molar-refractivity contribution in [1.29, 1.82) is 0 Å². The number of hydrogen-bond acceptors (Lipinski definition) is 4. The summed E-state index contributed by atoms with van der Waals surface area (Å²) in [6.45, 7) is 2.22. The maximum absolute atomic E-state index is 13.5. The summed E-state index contributed by atoms with van der Waals surface area (Å²) in [5.41, 5.74) is 4.59. The predicted octanol–water partition coefficient (Wildman–Crippen LogP) is 5.59.